The Kier molecular flexibility index (Phi) is 7.91. The molecule has 0 saturated heterocycles. The summed E-state index contributed by atoms with van der Waals surface area (Å²) < 4.78 is 2.34. The second kappa shape index (κ2) is 11.0. The third kappa shape index (κ3) is 6.60. The first-order valence-corrected chi connectivity index (χ1v) is 13.6. The van der Waals surface area contributed by atoms with Crippen LogP contribution in [-0.2, 0) is 13.0 Å². The van der Waals surface area contributed by atoms with E-state index < -0.39 is 5.91 Å². The monoisotopic (exact) mass is 511 g/mol. The zero-order chi connectivity index (χ0) is 27.5. The molecule has 0 fully saturated rings. The van der Waals surface area contributed by atoms with Crippen molar-refractivity contribution >= 4 is 22.8 Å². The normalized spacial score (nSPS) is 12.2. The topological polar surface area (TPSA) is 85.8 Å². The lowest BCUT2D eigenvalue weighted by atomic mass is 9.82. The molecule has 4 rings (SSSR count). The fourth-order valence-electron chi connectivity index (χ4n) is 5.37. The number of aryl methyl sites for hydroxylation is 1. The van der Waals surface area contributed by atoms with Gasteiger partial charge in [-0.3, -0.25) is 4.79 Å². The van der Waals surface area contributed by atoms with Gasteiger partial charge in [-0.25, -0.2) is 9.97 Å². The molecule has 0 spiro atoms. The number of nitrogens with zero attached hydrogens (tertiary/aromatic N) is 3. The first-order valence-electron chi connectivity index (χ1n) is 13.6. The van der Waals surface area contributed by atoms with Crippen molar-refractivity contribution in [1.82, 2.24) is 14.5 Å². The van der Waals surface area contributed by atoms with Gasteiger partial charge < -0.3 is 15.6 Å². The van der Waals surface area contributed by atoms with Crippen LogP contribution in [0.1, 0.15) is 82.6 Å². The number of nitrogens with two attached hydrogens (primary N) is 1. The number of fused-ring (bicyclic) bond motifs is 1. The predicted molar refractivity (Wildman–Crippen MR) is 157 cm³/mol. The van der Waals surface area contributed by atoms with Gasteiger partial charge in [0.1, 0.15) is 11.3 Å². The number of primary amides is 1. The van der Waals surface area contributed by atoms with E-state index in [0.717, 1.165) is 66.2 Å². The third-order valence-corrected chi connectivity index (χ3v) is 6.65. The summed E-state index contributed by atoms with van der Waals surface area (Å²) in [5.41, 5.74) is 10.9. The van der Waals surface area contributed by atoms with E-state index in [2.05, 4.69) is 81.8 Å². The second-order valence-corrected chi connectivity index (χ2v) is 12.1. The van der Waals surface area contributed by atoms with Crippen molar-refractivity contribution in [3.63, 3.8) is 0 Å². The number of hydrogen-bond donors (Lipinski definition) is 2. The summed E-state index contributed by atoms with van der Waals surface area (Å²) in [6.07, 6.45) is 4.05. The van der Waals surface area contributed by atoms with Crippen molar-refractivity contribution in [3.8, 4) is 11.3 Å². The Hall–Kier alpha value is -3.67. The number of benzene rings is 2. The minimum atomic E-state index is -0.437. The van der Waals surface area contributed by atoms with Gasteiger partial charge in [0.15, 0.2) is 5.82 Å². The van der Waals surface area contributed by atoms with Gasteiger partial charge in [-0.2, -0.15) is 0 Å². The van der Waals surface area contributed by atoms with E-state index in [1.807, 2.05) is 18.2 Å². The van der Waals surface area contributed by atoms with Crippen LogP contribution in [0.4, 0.5) is 5.82 Å². The van der Waals surface area contributed by atoms with E-state index in [-0.39, 0.29) is 11.0 Å². The lowest BCUT2D eigenvalue weighted by Crippen LogP contribution is -2.35. The molecule has 200 valence electrons. The van der Waals surface area contributed by atoms with E-state index in [9.17, 15) is 4.79 Å². The minimum absolute atomic E-state index is 0.150. The summed E-state index contributed by atoms with van der Waals surface area (Å²) in [4.78, 5) is 21.9. The molecule has 6 nitrogen and oxygen atoms in total. The Morgan fingerprint density at radius 1 is 0.974 bits per heavy atom. The van der Waals surface area contributed by atoms with Crippen LogP contribution >= 0.6 is 0 Å². The second-order valence-electron chi connectivity index (χ2n) is 12.1. The summed E-state index contributed by atoms with van der Waals surface area (Å²) in [7, 11) is 0. The van der Waals surface area contributed by atoms with Crippen molar-refractivity contribution in [3.05, 3.63) is 77.6 Å². The third-order valence-electron chi connectivity index (χ3n) is 6.65. The Morgan fingerprint density at radius 3 is 2.26 bits per heavy atom. The number of carbonyl (C=O) groups excluding carboxylic acids is 1. The minimum Gasteiger partial charge on any atom is -0.366 e. The number of amides is 1. The molecule has 0 unspecified atom stereocenters. The fraction of sp³-hybridized carbons (Fsp3) is 0.406. The molecular formula is C32H41N5O. The van der Waals surface area contributed by atoms with E-state index in [0.29, 0.717) is 5.56 Å². The Balaban J connectivity index is 1.90. The standard InChI is InChI=1S/C32H41N5O/c1-7-8-14-27-35-28-26(37(27)20-22-12-10-9-11-13-22)19-25(23-15-17-24(18-16-23)29(33)38)34-30(28)36-32(5,6)21-31(2,3)4/h9-13,15-19H,7-8,14,20-21H2,1-6H3,(H2,33,38)(H,34,36). The highest BCUT2D eigenvalue weighted by Crippen LogP contribution is 2.34. The number of carbonyl (C=O) groups is 1. The molecule has 0 aliphatic heterocycles. The summed E-state index contributed by atoms with van der Waals surface area (Å²) >= 11 is 0. The highest BCUT2D eigenvalue weighted by molar-refractivity contribution is 5.94. The Labute approximate surface area is 226 Å². The van der Waals surface area contributed by atoms with E-state index in [1.54, 1.807) is 12.1 Å². The molecule has 2 heterocycles. The van der Waals surface area contributed by atoms with Crippen LogP contribution in [-0.4, -0.2) is 26.0 Å². The van der Waals surface area contributed by atoms with Crippen LogP contribution in [0.5, 0.6) is 0 Å². The molecule has 0 bridgehead atoms. The van der Waals surface area contributed by atoms with Gasteiger partial charge in [0.05, 0.1) is 11.2 Å². The number of pyridine rings is 1. The van der Waals surface area contributed by atoms with Gasteiger partial charge in [-0.05, 0) is 55.9 Å². The number of imidazole rings is 1. The number of anilines is 1. The number of unbranched alkanes of at least 4 members (excludes halogenated alkanes) is 1. The van der Waals surface area contributed by atoms with Crippen LogP contribution in [0.2, 0.25) is 0 Å². The Bertz CT molecular complexity index is 1400. The van der Waals surface area contributed by atoms with Gasteiger partial charge in [0, 0.05) is 29.6 Å². The lowest BCUT2D eigenvalue weighted by Gasteiger charge is -2.34. The largest absolute Gasteiger partial charge is 0.366 e. The molecular weight excluding hydrogens is 470 g/mol. The number of aromatic nitrogens is 3. The van der Waals surface area contributed by atoms with Crippen LogP contribution < -0.4 is 11.1 Å². The van der Waals surface area contributed by atoms with E-state index in [4.69, 9.17) is 15.7 Å². The van der Waals surface area contributed by atoms with E-state index >= 15 is 0 Å². The Morgan fingerprint density at radius 2 is 1.66 bits per heavy atom. The molecule has 0 aliphatic carbocycles. The van der Waals surface area contributed by atoms with Crippen molar-refractivity contribution in [2.45, 2.75) is 79.3 Å². The van der Waals surface area contributed by atoms with Crippen LogP contribution in [0.15, 0.2) is 60.7 Å². The molecule has 0 saturated carbocycles. The molecule has 38 heavy (non-hydrogen) atoms. The highest BCUT2D eigenvalue weighted by Gasteiger charge is 2.28. The SMILES string of the molecule is CCCCc1nc2c(NC(C)(C)CC(C)(C)C)nc(-c3ccc(C(N)=O)cc3)cc2n1Cc1ccccc1. The van der Waals surface area contributed by atoms with Crippen molar-refractivity contribution in [2.75, 3.05) is 5.32 Å². The van der Waals surface area contributed by atoms with Gasteiger partial charge in [-0.15, -0.1) is 0 Å². The number of hydrogen-bond acceptors (Lipinski definition) is 4. The summed E-state index contributed by atoms with van der Waals surface area (Å²) in [5, 5.41) is 3.76. The fourth-order valence-corrected chi connectivity index (χ4v) is 5.37. The van der Waals surface area contributed by atoms with Crippen molar-refractivity contribution in [2.24, 2.45) is 11.1 Å². The van der Waals surface area contributed by atoms with Crippen molar-refractivity contribution in [1.29, 1.82) is 0 Å². The van der Waals surface area contributed by atoms with Crippen molar-refractivity contribution < 1.29 is 4.79 Å². The summed E-state index contributed by atoms with van der Waals surface area (Å²) in [6.45, 7) is 14.2. The zero-order valence-electron chi connectivity index (χ0n) is 23.6. The average molecular weight is 512 g/mol. The maximum absolute atomic E-state index is 11.6. The van der Waals surface area contributed by atoms with Crippen LogP contribution in [0.25, 0.3) is 22.3 Å². The first kappa shape index (κ1) is 27.4. The predicted octanol–water partition coefficient (Wildman–Crippen LogP) is 7.21. The van der Waals surface area contributed by atoms with Crippen LogP contribution in [0, 0.1) is 5.41 Å². The van der Waals surface area contributed by atoms with Crippen LogP contribution in [0.3, 0.4) is 0 Å². The molecule has 2 aromatic carbocycles. The van der Waals surface area contributed by atoms with Gasteiger partial charge in [-0.1, -0.05) is 76.6 Å². The van der Waals surface area contributed by atoms with Gasteiger partial charge in [0.2, 0.25) is 5.91 Å². The van der Waals surface area contributed by atoms with E-state index in [1.165, 1.54) is 5.56 Å². The molecule has 0 aliphatic rings. The maximum Gasteiger partial charge on any atom is 0.248 e. The smallest absolute Gasteiger partial charge is 0.248 e. The molecule has 4 aromatic rings. The average Bonchev–Trinajstić information content (AvgIpc) is 3.19. The summed E-state index contributed by atoms with van der Waals surface area (Å²) in [6, 6.07) is 20.0. The van der Waals surface area contributed by atoms with Gasteiger partial charge in [0.25, 0.3) is 0 Å². The number of rotatable bonds is 10. The summed E-state index contributed by atoms with van der Waals surface area (Å²) in [5.74, 6) is 1.42. The van der Waals surface area contributed by atoms with Gasteiger partial charge >= 0.3 is 0 Å². The molecule has 2 aromatic heterocycles. The molecule has 6 heteroatoms. The highest BCUT2D eigenvalue weighted by atomic mass is 16.1. The number of nitrogens with one attached hydrogen (secondary N) is 1. The lowest BCUT2D eigenvalue weighted by molar-refractivity contribution is 0.100. The first-order chi connectivity index (χ1) is 18.0. The molecule has 3 N–H and O–H groups in total. The maximum atomic E-state index is 11.6. The quantitative estimate of drug-likeness (QED) is 0.235. The molecule has 1 amide bonds. The molecule has 0 atom stereocenters. The zero-order valence-corrected chi connectivity index (χ0v) is 23.6. The molecule has 0 radical (unpaired) electrons.